The van der Waals surface area contributed by atoms with E-state index in [-0.39, 0.29) is 46.8 Å². The van der Waals surface area contributed by atoms with Gasteiger partial charge < -0.3 is 14.6 Å². The molecule has 184 valence electrons. The van der Waals surface area contributed by atoms with E-state index in [4.69, 9.17) is 9.47 Å². The fraction of sp³-hybridized carbons (Fsp3) is 0.462. The molecule has 5 rings (SSSR count). The number of phenolic OH excluding ortho intramolecular Hbond substituents is 1. The van der Waals surface area contributed by atoms with Gasteiger partial charge in [0, 0.05) is 20.0 Å². The zero-order chi connectivity index (χ0) is 25.2. The molecule has 1 N–H and O–H groups in total. The Morgan fingerprint density at radius 1 is 0.857 bits per heavy atom. The van der Waals surface area contributed by atoms with Crippen LogP contribution >= 0.6 is 0 Å². The van der Waals surface area contributed by atoms with Gasteiger partial charge in [0.1, 0.15) is 0 Å². The van der Waals surface area contributed by atoms with Crippen LogP contribution < -0.4 is 9.47 Å². The van der Waals surface area contributed by atoms with Crippen LogP contribution in [0.4, 0.5) is 0 Å². The van der Waals surface area contributed by atoms with Crippen molar-refractivity contribution in [1.82, 2.24) is 9.80 Å². The molecule has 0 aromatic heterocycles. The zero-order valence-corrected chi connectivity index (χ0v) is 20.1. The molecule has 0 unspecified atom stereocenters. The number of imide groups is 2. The largest absolute Gasteiger partial charge is 0.502 e. The fourth-order valence-corrected chi connectivity index (χ4v) is 6.39. The standard InChI is InChI=1S/C26H28N2O7/c1-27-23(30)15-8-7-13-14(6-5-12-9-18(34-3)22(29)19(10-12)35-4)20-17(24(31)28(2)25(20)32)11-16(13)21(15)26(27)33/h5-7,9-10,14-17,20-21,29H,8,11H2,1-4H3/t14-,15-,16+,17+,20-,21-/m0/s1. The third-order valence-corrected chi connectivity index (χ3v) is 8.14. The SMILES string of the molecule is COc1cc(C=C[C@H]2C3=CC[C@@H]4C(=O)N(C)C(=O)[C@@H]4[C@@H]3C[C@H]3C(=O)N(C)C(=O)[C@@H]23)cc(OC)c1O. The molecule has 9 heteroatoms. The van der Waals surface area contributed by atoms with Gasteiger partial charge in [-0.3, -0.25) is 29.0 Å². The quantitative estimate of drug-likeness (QED) is 0.517. The highest BCUT2D eigenvalue weighted by Crippen LogP contribution is 2.55. The van der Waals surface area contributed by atoms with E-state index in [2.05, 4.69) is 0 Å². The second kappa shape index (κ2) is 8.25. The molecule has 1 aromatic carbocycles. The minimum atomic E-state index is -0.561. The first-order valence-electron chi connectivity index (χ1n) is 11.7. The summed E-state index contributed by atoms with van der Waals surface area (Å²) in [5, 5.41) is 10.2. The molecule has 0 spiro atoms. The molecule has 1 aromatic rings. The van der Waals surface area contributed by atoms with E-state index in [1.165, 1.54) is 38.1 Å². The van der Waals surface area contributed by atoms with E-state index in [0.29, 0.717) is 18.4 Å². The molecule has 4 amide bonds. The predicted molar refractivity (Wildman–Crippen MR) is 124 cm³/mol. The molecule has 0 bridgehead atoms. The maximum atomic E-state index is 13.1. The molecule has 3 fully saturated rings. The minimum Gasteiger partial charge on any atom is -0.502 e. The van der Waals surface area contributed by atoms with Crippen molar-refractivity contribution >= 4 is 29.7 Å². The van der Waals surface area contributed by atoms with Crippen molar-refractivity contribution in [2.75, 3.05) is 28.3 Å². The maximum absolute atomic E-state index is 13.1. The average Bonchev–Trinajstić information content (AvgIpc) is 3.22. The summed E-state index contributed by atoms with van der Waals surface area (Å²) < 4.78 is 10.5. The Hall–Kier alpha value is -3.62. The lowest BCUT2D eigenvalue weighted by molar-refractivity contribution is -0.140. The van der Waals surface area contributed by atoms with Gasteiger partial charge in [-0.2, -0.15) is 0 Å². The van der Waals surface area contributed by atoms with Gasteiger partial charge in [-0.15, -0.1) is 0 Å². The van der Waals surface area contributed by atoms with E-state index in [1.807, 2.05) is 18.2 Å². The molecular formula is C26H28N2O7. The van der Waals surface area contributed by atoms with Crippen LogP contribution in [0, 0.1) is 35.5 Å². The molecule has 2 saturated heterocycles. The van der Waals surface area contributed by atoms with E-state index in [0.717, 1.165) is 5.57 Å². The fourth-order valence-electron chi connectivity index (χ4n) is 6.39. The number of rotatable bonds is 4. The first kappa shape index (κ1) is 23.1. The van der Waals surface area contributed by atoms with Crippen molar-refractivity contribution in [3.8, 4) is 17.2 Å². The summed E-state index contributed by atoms with van der Waals surface area (Å²) in [4.78, 5) is 54.2. The minimum absolute atomic E-state index is 0.113. The van der Waals surface area contributed by atoms with Crippen molar-refractivity contribution in [3.05, 3.63) is 35.4 Å². The van der Waals surface area contributed by atoms with E-state index >= 15 is 0 Å². The topological polar surface area (TPSA) is 113 Å². The molecule has 4 aliphatic rings. The van der Waals surface area contributed by atoms with Crippen LogP contribution in [0.2, 0.25) is 0 Å². The average molecular weight is 481 g/mol. The highest BCUT2D eigenvalue weighted by molar-refractivity contribution is 6.07. The molecule has 0 radical (unpaired) electrons. The summed E-state index contributed by atoms with van der Waals surface area (Å²) >= 11 is 0. The van der Waals surface area contributed by atoms with Crippen LogP contribution in [0.25, 0.3) is 6.08 Å². The Kier molecular flexibility index (Phi) is 5.45. The number of fused-ring (bicyclic) bond motifs is 4. The number of hydrogen-bond donors (Lipinski definition) is 1. The second-order valence-electron chi connectivity index (χ2n) is 9.68. The zero-order valence-electron chi connectivity index (χ0n) is 20.1. The summed E-state index contributed by atoms with van der Waals surface area (Å²) in [6, 6.07) is 3.30. The van der Waals surface area contributed by atoms with Gasteiger partial charge >= 0.3 is 0 Å². The van der Waals surface area contributed by atoms with Crippen LogP contribution in [-0.4, -0.2) is 66.9 Å². The van der Waals surface area contributed by atoms with Gasteiger partial charge in [0.25, 0.3) is 0 Å². The van der Waals surface area contributed by atoms with Crippen LogP contribution in [0.3, 0.4) is 0 Å². The second-order valence-corrected chi connectivity index (χ2v) is 9.68. The molecule has 6 atom stereocenters. The van der Waals surface area contributed by atoms with Crippen molar-refractivity contribution in [3.63, 3.8) is 0 Å². The molecule has 2 aliphatic carbocycles. The number of likely N-dealkylation sites (tertiary alicyclic amines) is 2. The van der Waals surface area contributed by atoms with E-state index in [1.54, 1.807) is 12.1 Å². The van der Waals surface area contributed by atoms with Gasteiger partial charge in [-0.05, 0) is 36.5 Å². The van der Waals surface area contributed by atoms with Crippen LogP contribution in [0.5, 0.6) is 17.2 Å². The van der Waals surface area contributed by atoms with Crippen molar-refractivity contribution in [2.45, 2.75) is 12.8 Å². The molecule has 35 heavy (non-hydrogen) atoms. The Labute approximate surface area is 203 Å². The van der Waals surface area contributed by atoms with Crippen LogP contribution in [-0.2, 0) is 19.2 Å². The summed E-state index contributed by atoms with van der Waals surface area (Å²) in [7, 11) is 5.89. The molecule has 9 nitrogen and oxygen atoms in total. The normalized spacial score (nSPS) is 32.1. The monoisotopic (exact) mass is 480 g/mol. The van der Waals surface area contributed by atoms with Gasteiger partial charge in [0.05, 0.1) is 37.9 Å². The van der Waals surface area contributed by atoms with E-state index < -0.39 is 29.6 Å². The summed E-state index contributed by atoms with van der Waals surface area (Å²) in [5.74, 6) is -3.20. The molecule has 2 heterocycles. The Morgan fingerprint density at radius 3 is 2.03 bits per heavy atom. The highest BCUT2D eigenvalue weighted by Gasteiger charge is 2.60. The van der Waals surface area contributed by atoms with Gasteiger partial charge in [-0.25, -0.2) is 0 Å². The van der Waals surface area contributed by atoms with E-state index in [9.17, 15) is 24.3 Å². The molecule has 2 aliphatic heterocycles. The van der Waals surface area contributed by atoms with Crippen LogP contribution in [0.15, 0.2) is 29.9 Å². The smallest absolute Gasteiger partial charge is 0.233 e. The first-order chi connectivity index (χ1) is 16.7. The number of allylic oxidation sites excluding steroid dienone is 3. The highest BCUT2D eigenvalue weighted by atomic mass is 16.5. The summed E-state index contributed by atoms with van der Waals surface area (Å²) in [5.41, 5.74) is 1.62. The summed E-state index contributed by atoms with van der Waals surface area (Å²) in [6.45, 7) is 0. The lowest BCUT2D eigenvalue weighted by atomic mass is 9.58. The summed E-state index contributed by atoms with van der Waals surface area (Å²) in [6.07, 6.45) is 6.51. The Balaban J connectivity index is 1.58. The third kappa shape index (κ3) is 3.28. The number of phenols is 1. The third-order valence-electron chi connectivity index (χ3n) is 8.14. The van der Waals surface area contributed by atoms with Gasteiger partial charge in [0.2, 0.25) is 29.4 Å². The van der Waals surface area contributed by atoms with Crippen molar-refractivity contribution in [1.29, 1.82) is 0 Å². The Bertz CT molecular complexity index is 1180. The number of carbonyl (C=O) groups excluding carboxylic acids is 4. The number of amides is 4. The number of nitrogens with zero attached hydrogens (tertiary/aromatic N) is 2. The number of hydrogen-bond acceptors (Lipinski definition) is 7. The number of ether oxygens (including phenoxy) is 2. The van der Waals surface area contributed by atoms with Crippen LogP contribution in [0.1, 0.15) is 18.4 Å². The lowest BCUT2D eigenvalue weighted by Gasteiger charge is -2.42. The first-order valence-corrected chi connectivity index (χ1v) is 11.7. The maximum Gasteiger partial charge on any atom is 0.233 e. The molecule has 1 saturated carbocycles. The lowest BCUT2D eigenvalue weighted by Crippen LogP contribution is -2.43. The number of methoxy groups -OCH3 is 2. The molecular weight excluding hydrogens is 452 g/mol. The number of aromatic hydroxyl groups is 1. The number of benzene rings is 1. The van der Waals surface area contributed by atoms with Crippen molar-refractivity contribution < 1.29 is 33.8 Å². The predicted octanol–water partition coefficient (Wildman–Crippen LogP) is 1.85. The van der Waals surface area contributed by atoms with Crippen molar-refractivity contribution in [2.24, 2.45) is 35.5 Å². The van der Waals surface area contributed by atoms with Gasteiger partial charge in [0.15, 0.2) is 11.5 Å². The van der Waals surface area contributed by atoms with Gasteiger partial charge in [-0.1, -0.05) is 23.8 Å². The number of carbonyl (C=O) groups is 4. The Morgan fingerprint density at radius 2 is 1.43 bits per heavy atom.